The number of rotatable bonds is 9. The molecule has 1 heterocycles. The fourth-order valence-corrected chi connectivity index (χ4v) is 4.96. The summed E-state index contributed by atoms with van der Waals surface area (Å²) in [7, 11) is 1.55. The number of methoxy groups -OCH3 is 1. The second-order valence-electron chi connectivity index (χ2n) is 9.39. The van der Waals surface area contributed by atoms with Gasteiger partial charge in [0.2, 0.25) is 0 Å². The van der Waals surface area contributed by atoms with Gasteiger partial charge in [0, 0.05) is 32.5 Å². The quantitative estimate of drug-likeness (QED) is 0.137. The Morgan fingerprint density at radius 2 is 1.71 bits per heavy atom. The molecule has 5 rings (SSSR count). The van der Waals surface area contributed by atoms with Gasteiger partial charge in [-0.15, -0.1) is 0 Å². The molecule has 1 amide bonds. The number of benzene rings is 4. The number of ether oxygens (including phenoxy) is 2. The minimum Gasteiger partial charge on any atom is -0.493 e. The lowest BCUT2D eigenvalue weighted by Crippen LogP contribution is -2.17. The minimum atomic E-state index is -0.329. The van der Waals surface area contributed by atoms with Crippen LogP contribution in [0, 0.1) is 18.3 Å². The number of halogens is 1. The molecular formula is C34H27BrN4O3. The van der Waals surface area contributed by atoms with Crippen LogP contribution < -0.4 is 14.9 Å². The highest BCUT2D eigenvalue weighted by Gasteiger charge is 2.13. The number of carbonyl (C=O) groups excluding carboxylic acids is 1. The SMILES string of the molecule is COc1cc(/C=N/NC(=O)c2ccc(-n3c(C)ccc3-c3ccccc3)cc2)c(Br)cc1OCc1ccccc1C#N. The molecule has 0 aliphatic carbocycles. The van der Waals surface area contributed by atoms with Crippen molar-refractivity contribution in [1.82, 2.24) is 9.99 Å². The summed E-state index contributed by atoms with van der Waals surface area (Å²) in [5.74, 6) is 0.669. The van der Waals surface area contributed by atoms with E-state index >= 15 is 0 Å². The van der Waals surface area contributed by atoms with E-state index in [-0.39, 0.29) is 12.5 Å². The number of carbonyl (C=O) groups is 1. The topological polar surface area (TPSA) is 88.6 Å². The maximum atomic E-state index is 12.8. The van der Waals surface area contributed by atoms with E-state index in [1.54, 1.807) is 37.4 Å². The van der Waals surface area contributed by atoms with Gasteiger partial charge in [0.05, 0.1) is 30.7 Å². The number of amides is 1. The first-order chi connectivity index (χ1) is 20.5. The lowest BCUT2D eigenvalue weighted by Gasteiger charge is -2.13. The summed E-state index contributed by atoms with van der Waals surface area (Å²) < 4.78 is 14.3. The first kappa shape index (κ1) is 28.4. The average molecular weight is 620 g/mol. The zero-order valence-corrected chi connectivity index (χ0v) is 24.6. The molecule has 0 fully saturated rings. The Kier molecular flexibility index (Phi) is 8.81. The van der Waals surface area contributed by atoms with Gasteiger partial charge in [-0.25, -0.2) is 5.43 Å². The first-order valence-corrected chi connectivity index (χ1v) is 13.9. The van der Waals surface area contributed by atoms with Crippen molar-refractivity contribution in [2.75, 3.05) is 7.11 Å². The van der Waals surface area contributed by atoms with Crippen LogP contribution in [0.5, 0.6) is 11.5 Å². The van der Waals surface area contributed by atoms with Crippen LogP contribution in [0.2, 0.25) is 0 Å². The summed E-state index contributed by atoms with van der Waals surface area (Å²) in [5, 5.41) is 13.5. The second kappa shape index (κ2) is 13.0. The van der Waals surface area contributed by atoms with Crippen LogP contribution in [-0.4, -0.2) is 23.8 Å². The molecule has 1 aromatic heterocycles. The number of aromatic nitrogens is 1. The van der Waals surface area contributed by atoms with Crippen molar-refractivity contribution >= 4 is 28.1 Å². The van der Waals surface area contributed by atoms with E-state index < -0.39 is 0 Å². The lowest BCUT2D eigenvalue weighted by atomic mass is 10.1. The zero-order valence-electron chi connectivity index (χ0n) is 23.0. The molecule has 0 saturated heterocycles. The predicted octanol–water partition coefficient (Wildman–Crippen LogP) is 7.44. The van der Waals surface area contributed by atoms with Crippen LogP contribution in [0.25, 0.3) is 16.9 Å². The number of hydrazone groups is 1. The third-order valence-electron chi connectivity index (χ3n) is 6.71. The van der Waals surface area contributed by atoms with Crippen LogP contribution in [0.1, 0.15) is 32.7 Å². The van der Waals surface area contributed by atoms with Gasteiger partial charge in [-0.3, -0.25) is 4.79 Å². The molecule has 0 radical (unpaired) electrons. The molecule has 0 unspecified atom stereocenters. The van der Waals surface area contributed by atoms with Crippen molar-refractivity contribution in [3.63, 3.8) is 0 Å². The second-order valence-corrected chi connectivity index (χ2v) is 10.2. The Bertz CT molecular complexity index is 1790. The van der Waals surface area contributed by atoms with Crippen molar-refractivity contribution in [2.24, 2.45) is 5.10 Å². The van der Waals surface area contributed by atoms with E-state index in [1.807, 2.05) is 48.5 Å². The number of hydrogen-bond acceptors (Lipinski definition) is 5. The molecule has 8 heteroatoms. The van der Waals surface area contributed by atoms with E-state index in [2.05, 4.69) is 68.3 Å². The Balaban J connectivity index is 1.26. The number of nitriles is 1. The molecule has 0 spiro atoms. The van der Waals surface area contributed by atoms with Crippen LogP contribution in [0.4, 0.5) is 0 Å². The van der Waals surface area contributed by atoms with Crippen molar-refractivity contribution in [1.29, 1.82) is 5.26 Å². The highest BCUT2D eigenvalue weighted by atomic mass is 79.9. The molecule has 1 N–H and O–H groups in total. The molecule has 0 aliphatic heterocycles. The smallest absolute Gasteiger partial charge is 0.271 e. The molecule has 0 saturated carbocycles. The van der Waals surface area contributed by atoms with Gasteiger partial charge < -0.3 is 14.0 Å². The lowest BCUT2D eigenvalue weighted by molar-refractivity contribution is 0.0955. The summed E-state index contributed by atoms with van der Waals surface area (Å²) in [6, 6.07) is 34.7. The molecule has 0 aliphatic rings. The molecule has 0 atom stereocenters. The molecule has 5 aromatic rings. The third-order valence-corrected chi connectivity index (χ3v) is 7.39. The number of aryl methyl sites for hydroxylation is 1. The Labute approximate surface area is 252 Å². The Morgan fingerprint density at radius 1 is 0.976 bits per heavy atom. The van der Waals surface area contributed by atoms with Crippen molar-refractivity contribution in [3.05, 3.63) is 136 Å². The average Bonchev–Trinajstić information content (AvgIpc) is 3.42. The summed E-state index contributed by atoms with van der Waals surface area (Å²) in [6.07, 6.45) is 1.53. The highest BCUT2D eigenvalue weighted by molar-refractivity contribution is 9.10. The van der Waals surface area contributed by atoms with Gasteiger partial charge in [0.1, 0.15) is 6.61 Å². The van der Waals surface area contributed by atoms with Crippen LogP contribution in [-0.2, 0) is 6.61 Å². The summed E-state index contributed by atoms with van der Waals surface area (Å²) >= 11 is 3.54. The minimum absolute atomic E-state index is 0.215. The van der Waals surface area contributed by atoms with Crippen LogP contribution in [0.15, 0.2) is 113 Å². The standard InChI is InChI=1S/C34H27BrN4O3/c1-23-12-17-31(24-8-4-3-5-9-24)39(23)29-15-13-25(14-16-29)34(40)38-37-21-28-18-32(41-2)33(19-30(28)35)42-22-27-11-7-6-10-26(27)20-36/h3-19,21H,22H2,1-2H3,(H,38,40)/b37-21+. The van der Waals surface area contributed by atoms with Crippen molar-refractivity contribution in [2.45, 2.75) is 13.5 Å². The fraction of sp³-hybridized carbons (Fsp3) is 0.0882. The third kappa shape index (κ3) is 6.27. The van der Waals surface area contributed by atoms with Gasteiger partial charge in [-0.1, -0.05) is 48.5 Å². The van der Waals surface area contributed by atoms with E-state index in [0.29, 0.717) is 32.7 Å². The molecule has 208 valence electrons. The van der Waals surface area contributed by atoms with Crippen molar-refractivity contribution in [3.8, 4) is 34.5 Å². The fourth-order valence-electron chi connectivity index (χ4n) is 4.54. The first-order valence-electron chi connectivity index (χ1n) is 13.1. The van der Waals surface area contributed by atoms with Crippen molar-refractivity contribution < 1.29 is 14.3 Å². The van der Waals surface area contributed by atoms with E-state index in [0.717, 1.165) is 28.2 Å². The number of nitrogens with one attached hydrogen (secondary N) is 1. The van der Waals surface area contributed by atoms with Crippen LogP contribution >= 0.6 is 15.9 Å². The molecule has 0 bridgehead atoms. The maximum Gasteiger partial charge on any atom is 0.271 e. The monoisotopic (exact) mass is 618 g/mol. The number of hydrogen-bond donors (Lipinski definition) is 1. The predicted molar refractivity (Wildman–Crippen MR) is 167 cm³/mol. The molecule has 42 heavy (non-hydrogen) atoms. The van der Waals surface area contributed by atoms with E-state index in [1.165, 1.54) is 6.21 Å². The molecule has 4 aromatic carbocycles. The number of nitrogens with zero attached hydrogens (tertiary/aromatic N) is 3. The van der Waals surface area contributed by atoms with E-state index in [9.17, 15) is 10.1 Å². The Morgan fingerprint density at radius 3 is 2.45 bits per heavy atom. The normalized spacial score (nSPS) is 10.8. The van der Waals surface area contributed by atoms with Gasteiger partial charge in [0.15, 0.2) is 11.5 Å². The van der Waals surface area contributed by atoms with Gasteiger partial charge in [-0.05, 0) is 83.0 Å². The zero-order chi connectivity index (χ0) is 29.5. The maximum absolute atomic E-state index is 12.8. The molecular weight excluding hydrogens is 592 g/mol. The summed E-state index contributed by atoms with van der Waals surface area (Å²) in [4.78, 5) is 12.8. The molecule has 7 nitrogen and oxygen atoms in total. The summed E-state index contributed by atoms with van der Waals surface area (Å²) in [5.41, 5.74) is 9.36. The van der Waals surface area contributed by atoms with E-state index in [4.69, 9.17) is 9.47 Å². The van der Waals surface area contributed by atoms with Gasteiger partial charge in [0.25, 0.3) is 5.91 Å². The van der Waals surface area contributed by atoms with Gasteiger partial charge >= 0.3 is 0 Å². The van der Waals surface area contributed by atoms with Crippen LogP contribution in [0.3, 0.4) is 0 Å². The highest BCUT2D eigenvalue weighted by Crippen LogP contribution is 2.34. The van der Waals surface area contributed by atoms with Gasteiger partial charge in [-0.2, -0.15) is 10.4 Å². The Hall–Kier alpha value is -5.13. The summed E-state index contributed by atoms with van der Waals surface area (Å²) in [6.45, 7) is 2.27. The largest absolute Gasteiger partial charge is 0.493 e.